The van der Waals surface area contributed by atoms with Crippen molar-refractivity contribution in [2.45, 2.75) is 44.3 Å². The van der Waals surface area contributed by atoms with E-state index in [1.54, 1.807) is 18.2 Å². The first kappa shape index (κ1) is 25.0. The summed E-state index contributed by atoms with van der Waals surface area (Å²) in [5.41, 5.74) is 3.23. The average Bonchev–Trinajstić information content (AvgIpc) is 2.81. The first-order valence-corrected chi connectivity index (χ1v) is 13.3. The van der Waals surface area contributed by atoms with Crippen molar-refractivity contribution in [1.29, 1.82) is 0 Å². The molecule has 0 radical (unpaired) electrons. The molecule has 1 saturated heterocycles. The molecule has 1 fully saturated rings. The zero-order valence-electron chi connectivity index (χ0n) is 20.7. The molecule has 1 unspecified atom stereocenters. The average molecular weight is 498 g/mol. The Morgan fingerprint density at radius 2 is 1.74 bits per heavy atom. The maximum Gasteiger partial charge on any atom is 0.241 e. The van der Waals surface area contributed by atoms with Crippen molar-refractivity contribution in [3.63, 3.8) is 0 Å². The third-order valence-corrected chi connectivity index (χ3v) is 7.38. The van der Waals surface area contributed by atoms with Gasteiger partial charge in [-0.2, -0.15) is 0 Å². The smallest absolute Gasteiger partial charge is 0.241 e. The van der Waals surface area contributed by atoms with Gasteiger partial charge in [0, 0.05) is 55.0 Å². The number of nitrogens with zero attached hydrogens (tertiary/aromatic N) is 2. The number of aliphatic imine (C=N–C) groups is 1. The summed E-state index contributed by atoms with van der Waals surface area (Å²) in [6.07, 6.45) is 1.55. The van der Waals surface area contributed by atoms with E-state index < -0.39 is 15.6 Å². The Balaban J connectivity index is 1.44. The zero-order chi connectivity index (χ0) is 25.1. The lowest BCUT2D eigenvalue weighted by Crippen LogP contribution is -2.43. The lowest BCUT2D eigenvalue weighted by atomic mass is 10.1. The van der Waals surface area contributed by atoms with Gasteiger partial charge in [0.15, 0.2) is 0 Å². The van der Waals surface area contributed by atoms with Crippen molar-refractivity contribution in [2.75, 3.05) is 41.7 Å². The topological polar surface area (TPSA) is 110 Å². The SMILES string of the molecule is CC1=CNC(Nc2ccc(N3CCNCC3)cc2)=NC1Nc1cccc(S(=O)(=O)NC(C)(C)C)c1. The Hall–Kier alpha value is -3.08. The van der Waals surface area contributed by atoms with E-state index in [0.29, 0.717) is 11.6 Å². The fourth-order valence-electron chi connectivity index (χ4n) is 3.93. The van der Waals surface area contributed by atoms with Gasteiger partial charge in [0.2, 0.25) is 16.0 Å². The third-order valence-electron chi connectivity index (χ3n) is 5.63. The molecule has 1 atom stereocenters. The van der Waals surface area contributed by atoms with Crippen LogP contribution < -0.4 is 30.9 Å². The molecule has 2 heterocycles. The van der Waals surface area contributed by atoms with Gasteiger partial charge in [-0.05, 0) is 75.7 Å². The van der Waals surface area contributed by atoms with Gasteiger partial charge < -0.3 is 26.2 Å². The summed E-state index contributed by atoms with van der Waals surface area (Å²) < 4.78 is 28.2. The molecule has 2 aromatic carbocycles. The number of anilines is 3. The van der Waals surface area contributed by atoms with Crippen molar-refractivity contribution in [1.82, 2.24) is 15.4 Å². The van der Waals surface area contributed by atoms with Crippen LogP contribution in [0.25, 0.3) is 0 Å². The summed E-state index contributed by atoms with van der Waals surface area (Å²) in [6, 6.07) is 15.1. The number of hydrogen-bond donors (Lipinski definition) is 5. The molecule has 0 amide bonds. The fraction of sp³-hybridized carbons (Fsp3) is 0.400. The molecule has 0 saturated carbocycles. The van der Waals surface area contributed by atoms with Gasteiger partial charge in [0.05, 0.1) is 4.90 Å². The third kappa shape index (κ3) is 6.74. The van der Waals surface area contributed by atoms with Crippen LogP contribution in [-0.2, 0) is 10.0 Å². The fourth-order valence-corrected chi connectivity index (χ4v) is 5.40. The standard InChI is InChI=1S/C25H35N7O2S/c1-18-17-27-24(29-19-8-10-21(11-9-19)32-14-12-26-13-15-32)30-23(18)28-20-6-5-7-22(16-20)35(33,34)31-25(2,3)4/h5-11,16-17,23,26,28,31H,12-15H2,1-4H3,(H2,27,29,30). The van der Waals surface area contributed by atoms with Gasteiger partial charge in [0.1, 0.15) is 6.17 Å². The molecule has 2 aromatic rings. The lowest BCUT2D eigenvalue weighted by Gasteiger charge is -2.29. The Labute approximate surface area is 208 Å². The number of rotatable bonds is 6. The Morgan fingerprint density at radius 3 is 2.43 bits per heavy atom. The molecule has 0 spiro atoms. The van der Waals surface area contributed by atoms with E-state index in [-0.39, 0.29) is 11.1 Å². The van der Waals surface area contributed by atoms with Crippen LogP contribution in [0, 0.1) is 0 Å². The van der Waals surface area contributed by atoms with Gasteiger partial charge in [0.25, 0.3) is 0 Å². The predicted molar refractivity (Wildman–Crippen MR) is 143 cm³/mol. The molecule has 0 bridgehead atoms. The molecule has 0 aliphatic carbocycles. The largest absolute Gasteiger partial charge is 0.369 e. The molecule has 5 N–H and O–H groups in total. The highest BCUT2D eigenvalue weighted by atomic mass is 32.2. The van der Waals surface area contributed by atoms with Crippen molar-refractivity contribution in [3.05, 3.63) is 60.3 Å². The van der Waals surface area contributed by atoms with Crippen molar-refractivity contribution in [3.8, 4) is 0 Å². The van der Waals surface area contributed by atoms with E-state index in [1.165, 1.54) is 5.69 Å². The van der Waals surface area contributed by atoms with Crippen LogP contribution in [0.3, 0.4) is 0 Å². The maximum absolute atomic E-state index is 12.7. The minimum absolute atomic E-state index is 0.208. The number of guanidine groups is 1. The summed E-state index contributed by atoms with van der Waals surface area (Å²) in [6.45, 7) is 11.4. The summed E-state index contributed by atoms with van der Waals surface area (Å²) in [4.78, 5) is 7.33. The lowest BCUT2D eigenvalue weighted by molar-refractivity contribution is 0.491. The summed E-state index contributed by atoms with van der Waals surface area (Å²) in [7, 11) is -3.63. The summed E-state index contributed by atoms with van der Waals surface area (Å²) in [5, 5.41) is 13.2. The van der Waals surface area contributed by atoms with Gasteiger partial charge in [-0.3, -0.25) is 0 Å². The second-order valence-electron chi connectivity index (χ2n) is 9.85. The van der Waals surface area contributed by atoms with Gasteiger partial charge in [-0.15, -0.1) is 0 Å². The number of benzene rings is 2. The van der Waals surface area contributed by atoms with Crippen molar-refractivity contribution < 1.29 is 8.42 Å². The van der Waals surface area contributed by atoms with E-state index in [9.17, 15) is 8.42 Å². The normalized spacial score (nSPS) is 18.9. The van der Waals surface area contributed by atoms with E-state index in [4.69, 9.17) is 4.99 Å². The minimum atomic E-state index is -3.63. The van der Waals surface area contributed by atoms with Crippen LogP contribution in [0.2, 0.25) is 0 Å². The van der Waals surface area contributed by atoms with Crippen molar-refractivity contribution >= 4 is 33.0 Å². The highest BCUT2D eigenvalue weighted by Gasteiger charge is 2.23. The molecule has 10 heteroatoms. The Kier molecular flexibility index (Phi) is 7.34. The van der Waals surface area contributed by atoms with E-state index in [1.807, 2.05) is 52.1 Å². The second kappa shape index (κ2) is 10.3. The maximum atomic E-state index is 12.7. The molecule has 35 heavy (non-hydrogen) atoms. The van der Waals surface area contributed by atoms with Crippen molar-refractivity contribution in [2.24, 2.45) is 4.99 Å². The Bertz CT molecular complexity index is 1200. The van der Waals surface area contributed by atoms with E-state index in [0.717, 1.165) is 37.4 Å². The quantitative estimate of drug-likeness (QED) is 0.417. The van der Waals surface area contributed by atoms with E-state index >= 15 is 0 Å². The van der Waals surface area contributed by atoms with Crippen LogP contribution in [-0.4, -0.2) is 52.3 Å². The second-order valence-corrected chi connectivity index (χ2v) is 11.5. The van der Waals surface area contributed by atoms with Crippen LogP contribution in [0.15, 0.2) is 70.2 Å². The Morgan fingerprint density at radius 1 is 1.03 bits per heavy atom. The number of hydrogen-bond acceptors (Lipinski definition) is 8. The summed E-state index contributed by atoms with van der Waals surface area (Å²) in [5.74, 6) is 0.612. The van der Waals surface area contributed by atoms with E-state index in [2.05, 4.69) is 43.0 Å². The van der Waals surface area contributed by atoms with Gasteiger partial charge >= 0.3 is 0 Å². The van der Waals surface area contributed by atoms with Crippen LogP contribution in [0.1, 0.15) is 27.7 Å². The highest BCUT2D eigenvalue weighted by Crippen LogP contribution is 2.22. The van der Waals surface area contributed by atoms with Crippen LogP contribution in [0.5, 0.6) is 0 Å². The predicted octanol–water partition coefficient (Wildman–Crippen LogP) is 2.89. The molecular formula is C25H35N7O2S. The summed E-state index contributed by atoms with van der Waals surface area (Å²) >= 11 is 0. The number of nitrogens with one attached hydrogen (secondary N) is 5. The van der Waals surface area contributed by atoms with Gasteiger partial charge in [-0.1, -0.05) is 6.07 Å². The minimum Gasteiger partial charge on any atom is -0.369 e. The molecule has 2 aliphatic heterocycles. The zero-order valence-corrected chi connectivity index (χ0v) is 21.5. The van der Waals surface area contributed by atoms with Crippen LogP contribution in [0.4, 0.5) is 17.1 Å². The first-order valence-electron chi connectivity index (χ1n) is 11.8. The molecular weight excluding hydrogens is 462 g/mol. The molecule has 2 aliphatic rings. The first-order chi connectivity index (χ1) is 16.6. The van der Waals surface area contributed by atoms with Crippen LogP contribution >= 0.6 is 0 Å². The number of piperazine rings is 1. The molecule has 9 nitrogen and oxygen atoms in total. The molecule has 4 rings (SSSR count). The number of sulfonamides is 1. The molecule has 188 valence electrons. The monoisotopic (exact) mass is 497 g/mol. The molecule has 0 aromatic heterocycles. The van der Waals surface area contributed by atoms with Gasteiger partial charge in [-0.25, -0.2) is 18.1 Å². The highest BCUT2D eigenvalue weighted by molar-refractivity contribution is 7.89.